The van der Waals surface area contributed by atoms with E-state index >= 15 is 0 Å². The Morgan fingerprint density at radius 3 is 2.45 bits per heavy atom. The Bertz CT molecular complexity index is 777. The molecule has 114 valence electrons. The van der Waals surface area contributed by atoms with E-state index in [2.05, 4.69) is 35.0 Å². The molecule has 0 saturated carbocycles. The topological polar surface area (TPSA) is 43.2 Å². The first kappa shape index (κ1) is 14.4. The number of nitrogens with zero attached hydrogens (tertiary/aromatic N) is 4. The molecule has 22 heavy (non-hydrogen) atoms. The van der Waals surface area contributed by atoms with Crippen LogP contribution in [0.3, 0.4) is 0 Å². The van der Waals surface area contributed by atoms with Gasteiger partial charge in [0.25, 0.3) is 0 Å². The maximum atomic E-state index is 5.25. The highest BCUT2D eigenvalue weighted by atomic mass is 16.5. The van der Waals surface area contributed by atoms with Gasteiger partial charge in [-0.2, -0.15) is 0 Å². The number of methoxy groups -OCH3 is 1. The summed E-state index contributed by atoms with van der Waals surface area (Å²) in [6.07, 6.45) is 0. The Balaban J connectivity index is 2.11. The van der Waals surface area contributed by atoms with E-state index in [1.807, 2.05) is 36.4 Å². The highest BCUT2D eigenvalue weighted by Gasteiger charge is 2.12. The monoisotopic (exact) mass is 296 g/mol. The van der Waals surface area contributed by atoms with Gasteiger partial charge in [-0.25, -0.2) is 0 Å². The number of para-hydroxylation sites is 2. The molecule has 0 radical (unpaired) electrons. The molecule has 5 heteroatoms. The SMILES string of the molecule is CCN(CC)c1ccccc1-n1nc2ccc(OC)cc2n1. The van der Waals surface area contributed by atoms with Crippen LogP contribution in [0.5, 0.6) is 5.75 Å². The van der Waals surface area contributed by atoms with Gasteiger partial charge in [0.15, 0.2) is 0 Å². The molecule has 0 N–H and O–H groups in total. The number of benzene rings is 2. The number of aromatic nitrogens is 3. The smallest absolute Gasteiger partial charge is 0.121 e. The average Bonchev–Trinajstić information content (AvgIpc) is 2.99. The third kappa shape index (κ3) is 2.50. The van der Waals surface area contributed by atoms with Crippen molar-refractivity contribution in [3.63, 3.8) is 0 Å². The zero-order valence-corrected chi connectivity index (χ0v) is 13.2. The molecule has 0 spiro atoms. The summed E-state index contributed by atoms with van der Waals surface area (Å²) in [7, 11) is 1.65. The number of hydrogen-bond acceptors (Lipinski definition) is 4. The summed E-state index contributed by atoms with van der Waals surface area (Å²) in [6.45, 7) is 6.20. The first-order valence-electron chi connectivity index (χ1n) is 7.52. The van der Waals surface area contributed by atoms with Crippen LogP contribution in [0.4, 0.5) is 5.69 Å². The lowest BCUT2D eigenvalue weighted by molar-refractivity contribution is 0.415. The van der Waals surface area contributed by atoms with Crippen LogP contribution >= 0.6 is 0 Å². The largest absolute Gasteiger partial charge is 0.497 e. The lowest BCUT2D eigenvalue weighted by Crippen LogP contribution is -2.23. The second-order valence-electron chi connectivity index (χ2n) is 5.01. The number of fused-ring (bicyclic) bond motifs is 1. The van der Waals surface area contributed by atoms with Gasteiger partial charge in [0, 0.05) is 19.2 Å². The van der Waals surface area contributed by atoms with E-state index < -0.39 is 0 Å². The molecule has 0 bridgehead atoms. The van der Waals surface area contributed by atoms with Gasteiger partial charge in [-0.15, -0.1) is 15.0 Å². The molecular weight excluding hydrogens is 276 g/mol. The second-order valence-corrected chi connectivity index (χ2v) is 5.01. The van der Waals surface area contributed by atoms with Gasteiger partial charge in [-0.1, -0.05) is 12.1 Å². The Morgan fingerprint density at radius 1 is 1.00 bits per heavy atom. The molecule has 1 aromatic heterocycles. The summed E-state index contributed by atoms with van der Waals surface area (Å²) in [5, 5.41) is 9.20. The van der Waals surface area contributed by atoms with Crippen LogP contribution in [0.25, 0.3) is 16.7 Å². The van der Waals surface area contributed by atoms with Crippen LogP contribution in [0.1, 0.15) is 13.8 Å². The van der Waals surface area contributed by atoms with Crippen molar-refractivity contribution in [3.05, 3.63) is 42.5 Å². The maximum absolute atomic E-state index is 5.25. The van der Waals surface area contributed by atoms with E-state index in [-0.39, 0.29) is 0 Å². The van der Waals surface area contributed by atoms with Crippen LogP contribution in [-0.4, -0.2) is 35.2 Å². The predicted octanol–water partition coefficient (Wildman–Crippen LogP) is 3.28. The third-order valence-corrected chi connectivity index (χ3v) is 3.79. The van der Waals surface area contributed by atoms with Crippen LogP contribution in [0, 0.1) is 0 Å². The molecule has 0 saturated heterocycles. The minimum absolute atomic E-state index is 0.788. The van der Waals surface area contributed by atoms with Crippen LogP contribution in [0.2, 0.25) is 0 Å². The van der Waals surface area contributed by atoms with Crippen LogP contribution < -0.4 is 9.64 Å². The van der Waals surface area contributed by atoms with E-state index in [1.54, 1.807) is 11.9 Å². The van der Waals surface area contributed by atoms with Crippen molar-refractivity contribution < 1.29 is 4.74 Å². The average molecular weight is 296 g/mol. The third-order valence-electron chi connectivity index (χ3n) is 3.79. The van der Waals surface area contributed by atoms with Crippen LogP contribution in [-0.2, 0) is 0 Å². The van der Waals surface area contributed by atoms with E-state index in [4.69, 9.17) is 4.74 Å². The standard InChI is InChI=1S/C17H20N4O/c1-4-20(5-2)16-8-6-7-9-17(16)21-18-14-11-10-13(22-3)12-15(14)19-21/h6-12H,4-5H2,1-3H3. The lowest BCUT2D eigenvalue weighted by atomic mass is 10.2. The predicted molar refractivity (Wildman–Crippen MR) is 89.0 cm³/mol. The van der Waals surface area contributed by atoms with Gasteiger partial charge in [-0.3, -0.25) is 0 Å². The molecule has 3 rings (SSSR count). The minimum atomic E-state index is 0.788. The van der Waals surface area contributed by atoms with Crippen molar-refractivity contribution >= 4 is 16.7 Å². The number of hydrogen-bond donors (Lipinski definition) is 0. The molecule has 0 fully saturated rings. The highest BCUT2D eigenvalue weighted by Crippen LogP contribution is 2.25. The summed E-state index contributed by atoms with van der Waals surface area (Å²) in [4.78, 5) is 4.00. The molecule has 1 heterocycles. The summed E-state index contributed by atoms with van der Waals surface area (Å²) in [5.41, 5.74) is 3.81. The fourth-order valence-electron chi connectivity index (χ4n) is 2.59. The zero-order chi connectivity index (χ0) is 15.5. The number of ether oxygens (including phenoxy) is 1. The van der Waals surface area contributed by atoms with Crippen LogP contribution in [0.15, 0.2) is 42.5 Å². The van der Waals surface area contributed by atoms with Crippen molar-refractivity contribution in [2.75, 3.05) is 25.1 Å². The minimum Gasteiger partial charge on any atom is -0.497 e. The number of rotatable bonds is 5. The summed E-state index contributed by atoms with van der Waals surface area (Å²) < 4.78 is 5.25. The molecule has 0 aliphatic rings. The molecule has 2 aromatic carbocycles. The zero-order valence-electron chi connectivity index (χ0n) is 13.2. The van der Waals surface area contributed by atoms with Gasteiger partial charge in [0.1, 0.15) is 22.5 Å². The summed E-state index contributed by atoms with van der Waals surface area (Å²) >= 11 is 0. The Kier molecular flexibility index (Phi) is 3.96. The van der Waals surface area contributed by atoms with Crippen molar-refractivity contribution in [2.24, 2.45) is 0 Å². The maximum Gasteiger partial charge on any atom is 0.121 e. The Morgan fingerprint density at radius 2 is 1.73 bits per heavy atom. The molecule has 0 amide bonds. The van der Waals surface area contributed by atoms with E-state index in [0.29, 0.717) is 0 Å². The van der Waals surface area contributed by atoms with Gasteiger partial charge >= 0.3 is 0 Å². The van der Waals surface area contributed by atoms with E-state index in [0.717, 1.165) is 41.2 Å². The van der Waals surface area contributed by atoms with Crippen molar-refractivity contribution in [1.82, 2.24) is 15.0 Å². The normalized spacial score (nSPS) is 10.9. The quantitative estimate of drug-likeness (QED) is 0.724. The highest BCUT2D eigenvalue weighted by molar-refractivity contribution is 5.76. The molecule has 0 atom stereocenters. The molecule has 0 unspecified atom stereocenters. The van der Waals surface area contributed by atoms with E-state index in [9.17, 15) is 0 Å². The molecule has 5 nitrogen and oxygen atoms in total. The van der Waals surface area contributed by atoms with Gasteiger partial charge in [-0.05, 0) is 38.1 Å². The van der Waals surface area contributed by atoms with Crippen molar-refractivity contribution in [2.45, 2.75) is 13.8 Å². The van der Waals surface area contributed by atoms with Gasteiger partial charge in [0.05, 0.1) is 12.8 Å². The molecule has 0 aliphatic carbocycles. The summed E-state index contributed by atoms with van der Waals surface area (Å²) in [5.74, 6) is 0.788. The van der Waals surface area contributed by atoms with Gasteiger partial charge in [0.2, 0.25) is 0 Å². The second kappa shape index (κ2) is 6.05. The van der Waals surface area contributed by atoms with E-state index in [1.165, 1.54) is 0 Å². The first-order chi connectivity index (χ1) is 10.8. The summed E-state index contributed by atoms with van der Waals surface area (Å²) in [6, 6.07) is 13.9. The fourth-order valence-corrected chi connectivity index (χ4v) is 2.59. The molecule has 0 aliphatic heterocycles. The first-order valence-corrected chi connectivity index (χ1v) is 7.52. The molecular formula is C17H20N4O. The Hall–Kier alpha value is -2.56. The van der Waals surface area contributed by atoms with Crippen molar-refractivity contribution in [1.29, 1.82) is 0 Å². The molecule has 3 aromatic rings. The van der Waals surface area contributed by atoms with Gasteiger partial charge < -0.3 is 9.64 Å². The Labute approximate surface area is 130 Å². The number of anilines is 1. The van der Waals surface area contributed by atoms with Crippen molar-refractivity contribution in [3.8, 4) is 11.4 Å². The fraction of sp³-hybridized carbons (Fsp3) is 0.294. The lowest BCUT2D eigenvalue weighted by Gasteiger charge is -2.23.